The molecule has 6 heteroatoms. The van der Waals surface area contributed by atoms with Gasteiger partial charge in [-0.3, -0.25) is 4.98 Å². The molecule has 1 saturated heterocycles. The zero-order valence-corrected chi connectivity index (χ0v) is 10.7. The average Bonchev–Trinajstić information content (AvgIpc) is 2.34. The van der Waals surface area contributed by atoms with Gasteiger partial charge in [-0.05, 0) is 19.1 Å². The molecule has 0 radical (unpaired) electrons. The summed E-state index contributed by atoms with van der Waals surface area (Å²) in [6, 6.07) is 6.21. The quantitative estimate of drug-likeness (QED) is 0.766. The Balaban J connectivity index is 1.77. The Hall–Kier alpha value is -2.21. The lowest BCUT2D eigenvalue weighted by Gasteiger charge is -2.28. The van der Waals surface area contributed by atoms with Gasteiger partial charge in [-0.25, -0.2) is 9.97 Å². The van der Waals surface area contributed by atoms with E-state index in [0.717, 1.165) is 36.2 Å². The van der Waals surface area contributed by atoms with Crippen molar-refractivity contribution in [2.45, 2.75) is 13.0 Å². The average molecular weight is 256 g/mol. The number of anilines is 3. The third-order valence-corrected chi connectivity index (χ3v) is 2.91. The normalized spacial score (nSPS) is 14.8. The van der Waals surface area contributed by atoms with Crippen LogP contribution < -0.4 is 16.0 Å². The van der Waals surface area contributed by atoms with E-state index < -0.39 is 0 Å². The second-order valence-corrected chi connectivity index (χ2v) is 4.55. The van der Waals surface area contributed by atoms with Crippen LogP contribution in [-0.4, -0.2) is 34.1 Å². The van der Waals surface area contributed by atoms with E-state index in [2.05, 4.69) is 30.9 Å². The molecule has 0 aromatic carbocycles. The number of aryl methyl sites for hydroxylation is 1. The van der Waals surface area contributed by atoms with Crippen LogP contribution in [0, 0.1) is 6.92 Å². The standard InChI is InChI=1S/C13H16N6/c1-9-16-12(18-10-3-2-4-14-6-10)5-13(17-9)19-11-7-15-8-11/h2-6,11,15H,7-8H2,1H3,(H2,16,17,18,19). The summed E-state index contributed by atoms with van der Waals surface area (Å²) in [5.74, 6) is 2.37. The van der Waals surface area contributed by atoms with Crippen molar-refractivity contribution < 1.29 is 0 Å². The first-order chi connectivity index (χ1) is 9.29. The van der Waals surface area contributed by atoms with Crippen LogP contribution in [0.15, 0.2) is 30.6 Å². The summed E-state index contributed by atoms with van der Waals surface area (Å²) in [6.07, 6.45) is 3.51. The van der Waals surface area contributed by atoms with Crippen molar-refractivity contribution in [2.75, 3.05) is 23.7 Å². The summed E-state index contributed by atoms with van der Waals surface area (Å²) >= 11 is 0. The van der Waals surface area contributed by atoms with Crippen LogP contribution in [0.5, 0.6) is 0 Å². The van der Waals surface area contributed by atoms with Gasteiger partial charge >= 0.3 is 0 Å². The van der Waals surface area contributed by atoms with Crippen molar-refractivity contribution in [2.24, 2.45) is 0 Å². The van der Waals surface area contributed by atoms with Crippen LogP contribution in [-0.2, 0) is 0 Å². The Morgan fingerprint density at radius 3 is 2.79 bits per heavy atom. The summed E-state index contributed by atoms with van der Waals surface area (Å²) in [5.41, 5.74) is 0.914. The molecule has 1 aliphatic heterocycles. The van der Waals surface area contributed by atoms with Gasteiger partial charge < -0.3 is 16.0 Å². The first kappa shape index (κ1) is 11.9. The summed E-state index contributed by atoms with van der Waals surface area (Å²) in [7, 11) is 0. The molecule has 2 aromatic heterocycles. The number of rotatable bonds is 4. The minimum Gasteiger partial charge on any atom is -0.365 e. The molecule has 1 aliphatic rings. The number of aromatic nitrogens is 3. The Labute approximate surface area is 111 Å². The highest BCUT2D eigenvalue weighted by molar-refractivity contribution is 5.58. The minimum absolute atomic E-state index is 0.459. The number of pyridine rings is 1. The lowest BCUT2D eigenvalue weighted by molar-refractivity contribution is 0.471. The van der Waals surface area contributed by atoms with Crippen LogP contribution in [0.4, 0.5) is 17.3 Å². The molecule has 1 fully saturated rings. The molecular weight excluding hydrogens is 240 g/mol. The molecule has 0 unspecified atom stereocenters. The maximum absolute atomic E-state index is 4.39. The predicted octanol–water partition coefficient (Wildman–Crippen LogP) is 1.31. The van der Waals surface area contributed by atoms with Gasteiger partial charge in [0.15, 0.2) is 0 Å². The number of nitrogens with zero attached hydrogens (tertiary/aromatic N) is 3. The van der Waals surface area contributed by atoms with E-state index in [0.29, 0.717) is 6.04 Å². The molecule has 19 heavy (non-hydrogen) atoms. The van der Waals surface area contributed by atoms with E-state index in [-0.39, 0.29) is 0 Å². The fourth-order valence-corrected chi connectivity index (χ4v) is 1.89. The minimum atomic E-state index is 0.459. The Morgan fingerprint density at radius 1 is 1.26 bits per heavy atom. The van der Waals surface area contributed by atoms with Crippen molar-refractivity contribution >= 4 is 17.3 Å². The van der Waals surface area contributed by atoms with Crippen molar-refractivity contribution in [3.63, 3.8) is 0 Å². The number of hydrogen-bond donors (Lipinski definition) is 3. The van der Waals surface area contributed by atoms with Crippen LogP contribution in [0.3, 0.4) is 0 Å². The zero-order chi connectivity index (χ0) is 13.1. The molecule has 0 amide bonds. The molecule has 6 nitrogen and oxygen atoms in total. The third kappa shape index (κ3) is 2.97. The van der Waals surface area contributed by atoms with Gasteiger partial charge in [-0.1, -0.05) is 0 Å². The SMILES string of the molecule is Cc1nc(Nc2cccnc2)cc(NC2CNC2)n1. The van der Waals surface area contributed by atoms with Gasteiger partial charge in [0.1, 0.15) is 17.5 Å². The maximum Gasteiger partial charge on any atom is 0.136 e. The monoisotopic (exact) mass is 256 g/mol. The Morgan fingerprint density at radius 2 is 2.11 bits per heavy atom. The van der Waals surface area contributed by atoms with Gasteiger partial charge in [-0.2, -0.15) is 0 Å². The van der Waals surface area contributed by atoms with E-state index in [1.807, 2.05) is 25.1 Å². The van der Waals surface area contributed by atoms with Crippen LogP contribution in [0.1, 0.15) is 5.82 Å². The highest BCUT2D eigenvalue weighted by atomic mass is 15.1. The number of hydrogen-bond acceptors (Lipinski definition) is 6. The maximum atomic E-state index is 4.39. The van der Waals surface area contributed by atoms with Crippen molar-refractivity contribution in [1.82, 2.24) is 20.3 Å². The molecule has 0 bridgehead atoms. The zero-order valence-electron chi connectivity index (χ0n) is 10.7. The molecule has 3 heterocycles. The van der Waals surface area contributed by atoms with Crippen LogP contribution in [0.25, 0.3) is 0 Å². The molecule has 2 aromatic rings. The molecule has 3 N–H and O–H groups in total. The topological polar surface area (TPSA) is 74.8 Å². The lowest BCUT2D eigenvalue weighted by Crippen LogP contribution is -2.51. The third-order valence-electron chi connectivity index (χ3n) is 2.91. The summed E-state index contributed by atoms with van der Waals surface area (Å²) < 4.78 is 0. The van der Waals surface area contributed by atoms with Gasteiger partial charge in [0.25, 0.3) is 0 Å². The van der Waals surface area contributed by atoms with Crippen molar-refractivity contribution in [1.29, 1.82) is 0 Å². The largest absolute Gasteiger partial charge is 0.365 e. The lowest BCUT2D eigenvalue weighted by atomic mass is 10.2. The summed E-state index contributed by atoms with van der Waals surface area (Å²) in [6.45, 7) is 3.85. The fraction of sp³-hybridized carbons (Fsp3) is 0.308. The fourth-order valence-electron chi connectivity index (χ4n) is 1.89. The smallest absolute Gasteiger partial charge is 0.136 e. The summed E-state index contributed by atoms with van der Waals surface area (Å²) in [4.78, 5) is 12.8. The number of nitrogens with one attached hydrogen (secondary N) is 3. The predicted molar refractivity (Wildman–Crippen MR) is 74.6 cm³/mol. The second-order valence-electron chi connectivity index (χ2n) is 4.55. The second kappa shape index (κ2) is 5.19. The molecule has 0 aliphatic carbocycles. The van der Waals surface area contributed by atoms with Gasteiger partial charge in [-0.15, -0.1) is 0 Å². The first-order valence-corrected chi connectivity index (χ1v) is 6.29. The van der Waals surface area contributed by atoms with E-state index >= 15 is 0 Å². The highest BCUT2D eigenvalue weighted by Crippen LogP contribution is 2.17. The van der Waals surface area contributed by atoms with Gasteiger partial charge in [0.2, 0.25) is 0 Å². The Kier molecular flexibility index (Phi) is 3.24. The van der Waals surface area contributed by atoms with E-state index in [1.165, 1.54) is 0 Å². The molecule has 0 spiro atoms. The van der Waals surface area contributed by atoms with Gasteiger partial charge in [0, 0.05) is 25.4 Å². The van der Waals surface area contributed by atoms with Crippen molar-refractivity contribution in [3.8, 4) is 0 Å². The molecule has 3 rings (SSSR count). The highest BCUT2D eigenvalue weighted by Gasteiger charge is 2.16. The van der Waals surface area contributed by atoms with Crippen molar-refractivity contribution in [3.05, 3.63) is 36.4 Å². The van der Waals surface area contributed by atoms with Crippen LogP contribution in [0.2, 0.25) is 0 Å². The molecule has 0 saturated carbocycles. The van der Waals surface area contributed by atoms with Crippen LogP contribution >= 0.6 is 0 Å². The van der Waals surface area contributed by atoms with E-state index in [9.17, 15) is 0 Å². The first-order valence-electron chi connectivity index (χ1n) is 6.29. The Bertz CT molecular complexity index is 552. The van der Waals surface area contributed by atoms with E-state index in [4.69, 9.17) is 0 Å². The molecule has 98 valence electrons. The van der Waals surface area contributed by atoms with E-state index in [1.54, 1.807) is 12.4 Å². The van der Waals surface area contributed by atoms with Gasteiger partial charge in [0.05, 0.1) is 17.9 Å². The summed E-state index contributed by atoms with van der Waals surface area (Å²) in [5, 5.41) is 9.82. The molecule has 0 atom stereocenters. The molecular formula is C13H16N6.